The SMILES string of the molecule is CCNC(=NCc1cccc(OCC)c1)NCCSC. The molecule has 1 aromatic carbocycles. The number of rotatable bonds is 8. The van der Waals surface area contributed by atoms with Crippen LogP contribution in [0.25, 0.3) is 0 Å². The summed E-state index contributed by atoms with van der Waals surface area (Å²) in [6.45, 7) is 7.18. The molecule has 0 saturated carbocycles. The third kappa shape index (κ3) is 6.70. The van der Waals surface area contributed by atoms with Crippen LogP contribution in [-0.2, 0) is 6.54 Å². The number of nitrogens with one attached hydrogen (secondary N) is 2. The fourth-order valence-corrected chi connectivity index (χ4v) is 1.99. The van der Waals surface area contributed by atoms with Crippen LogP contribution in [0.4, 0.5) is 0 Å². The zero-order valence-electron chi connectivity index (χ0n) is 12.6. The van der Waals surface area contributed by atoms with Crippen LogP contribution in [0.2, 0.25) is 0 Å². The predicted molar refractivity (Wildman–Crippen MR) is 88.8 cm³/mol. The van der Waals surface area contributed by atoms with Gasteiger partial charge in [-0.2, -0.15) is 11.8 Å². The zero-order chi connectivity index (χ0) is 14.6. The normalized spacial score (nSPS) is 11.2. The van der Waals surface area contributed by atoms with Crippen molar-refractivity contribution in [3.05, 3.63) is 29.8 Å². The van der Waals surface area contributed by atoms with E-state index in [0.29, 0.717) is 13.2 Å². The number of hydrogen-bond acceptors (Lipinski definition) is 3. The standard InChI is InChI=1S/C15H25N3OS/c1-4-16-15(17-9-10-20-3)18-12-13-7-6-8-14(11-13)19-5-2/h6-8,11H,4-5,9-10,12H2,1-3H3,(H2,16,17,18). The molecule has 0 heterocycles. The first-order valence-electron chi connectivity index (χ1n) is 7.03. The van der Waals surface area contributed by atoms with Crippen molar-refractivity contribution in [3.63, 3.8) is 0 Å². The van der Waals surface area contributed by atoms with Gasteiger partial charge in [-0.3, -0.25) is 0 Å². The van der Waals surface area contributed by atoms with E-state index in [0.717, 1.165) is 36.1 Å². The summed E-state index contributed by atoms with van der Waals surface area (Å²) in [5.41, 5.74) is 1.15. The van der Waals surface area contributed by atoms with Gasteiger partial charge in [0.05, 0.1) is 13.2 Å². The summed E-state index contributed by atoms with van der Waals surface area (Å²) in [4.78, 5) is 4.59. The van der Waals surface area contributed by atoms with Crippen molar-refractivity contribution in [3.8, 4) is 5.75 Å². The van der Waals surface area contributed by atoms with Gasteiger partial charge in [0.25, 0.3) is 0 Å². The zero-order valence-corrected chi connectivity index (χ0v) is 13.4. The molecule has 0 saturated heterocycles. The van der Waals surface area contributed by atoms with Gasteiger partial charge in [0, 0.05) is 18.8 Å². The Morgan fingerprint density at radius 1 is 1.30 bits per heavy atom. The molecule has 0 atom stereocenters. The lowest BCUT2D eigenvalue weighted by molar-refractivity contribution is 0.340. The highest BCUT2D eigenvalue weighted by molar-refractivity contribution is 7.98. The van der Waals surface area contributed by atoms with Crippen molar-refractivity contribution in [2.24, 2.45) is 4.99 Å². The first-order chi connectivity index (χ1) is 9.80. The van der Waals surface area contributed by atoms with E-state index in [1.54, 1.807) is 0 Å². The Kier molecular flexibility index (Phi) is 8.71. The summed E-state index contributed by atoms with van der Waals surface area (Å²) in [6.07, 6.45) is 2.10. The molecule has 0 fully saturated rings. The van der Waals surface area contributed by atoms with Crippen molar-refractivity contribution in [2.45, 2.75) is 20.4 Å². The average Bonchev–Trinajstić information content (AvgIpc) is 2.46. The molecule has 4 nitrogen and oxygen atoms in total. The lowest BCUT2D eigenvalue weighted by Crippen LogP contribution is -2.38. The molecule has 0 aliphatic carbocycles. The fraction of sp³-hybridized carbons (Fsp3) is 0.533. The molecule has 1 rings (SSSR count). The largest absolute Gasteiger partial charge is 0.494 e. The maximum absolute atomic E-state index is 5.50. The number of benzene rings is 1. The molecule has 0 spiro atoms. The van der Waals surface area contributed by atoms with Gasteiger partial charge in [0.1, 0.15) is 5.75 Å². The van der Waals surface area contributed by atoms with Gasteiger partial charge in [-0.1, -0.05) is 12.1 Å². The molecule has 0 radical (unpaired) electrons. The van der Waals surface area contributed by atoms with Gasteiger partial charge in [0.2, 0.25) is 0 Å². The molecule has 0 aliphatic rings. The van der Waals surface area contributed by atoms with E-state index in [4.69, 9.17) is 4.74 Å². The van der Waals surface area contributed by atoms with Crippen LogP contribution in [0.3, 0.4) is 0 Å². The van der Waals surface area contributed by atoms with Crippen molar-refractivity contribution in [2.75, 3.05) is 31.7 Å². The van der Waals surface area contributed by atoms with Crippen molar-refractivity contribution in [1.82, 2.24) is 10.6 Å². The number of thioether (sulfide) groups is 1. The van der Waals surface area contributed by atoms with Crippen LogP contribution in [0, 0.1) is 0 Å². The molecule has 5 heteroatoms. The van der Waals surface area contributed by atoms with E-state index >= 15 is 0 Å². The van der Waals surface area contributed by atoms with Gasteiger partial charge >= 0.3 is 0 Å². The topological polar surface area (TPSA) is 45.7 Å². The molecule has 1 aromatic rings. The van der Waals surface area contributed by atoms with E-state index in [1.807, 2.05) is 36.9 Å². The molecule has 0 unspecified atom stereocenters. The quantitative estimate of drug-likeness (QED) is 0.439. The minimum Gasteiger partial charge on any atom is -0.494 e. The Hall–Kier alpha value is -1.36. The molecule has 112 valence electrons. The molecular weight excluding hydrogens is 270 g/mol. The summed E-state index contributed by atoms with van der Waals surface area (Å²) in [6, 6.07) is 8.08. The molecule has 20 heavy (non-hydrogen) atoms. The Morgan fingerprint density at radius 3 is 2.85 bits per heavy atom. The monoisotopic (exact) mass is 295 g/mol. The van der Waals surface area contributed by atoms with Crippen LogP contribution in [0.5, 0.6) is 5.75 Å². The summed E-state index contributed by atoms with van der Waals surface area (Å²) in [5.74, 6) is 2.84. The van der Waals surface area contributed by atoms with Crippen molar-refractivity contribution >= 4 is 17.7 Å². The van der Waals surface area contributed by atoms with Crippen LogP contribution in [-0.4, -0.2) is 37.7 Å². The number of ether oxygens (including phenoxy) is 1. The number of nitrogens with zero attached hydrogens (tertiary/aromatic N) is 1. The van der Waals surface area contributed by atoms with E-state index in [2.05, 4.69) is 34.9 Å². The van der Waals surface area contributed by atoms with Crippen molar-refractivity contribution < 1.29 is 4.74 Å². The Bertz CT molecular complexity index is 410. The first kappa shape index (κ1) is 16.7. The second-order valence-corrected chi connectivity index (χ2v) is 5.18. The van der Waals surface area contributed by atoms with Crippen LogP contribution in [0.15, 0.2) is 29.3 Å². The minimum absolute atomic E-state index is 0.648. The molecule has 0 bridgehead atoms. The Balaban J connectivity index is 2.58. The number of hydrogen-bond donors (Lipinski definition) is 2. The number of aliphatic imine (C=N–C) groups is 1. The highest BCUT2D eigenvalue weighted by atomic mass is 32.2. The maximum Gasteiger partial charge on any atom is 0.191 e. The summed E-state index contributed by atoms with van der Waals surface area (Å²) in [7, 11) is 0. The van der Waals surface area contributed by atoms with Gasteiger partial charge in [0.15, 0.2) is 5.96 Å². The van der Waals surface area contributed by atoms with Gasteiger partial charge < -0.3 is 15.4 Å². The maximum atomic E-state index is 5.50. The Morgan fingerprint density at radius 2 is 2.15 bits per heavy atom. The molecule has 2 N–H and O–H groups in total. The van der Waals surface area contributed by atoms with Crippen LogP contribution in [0.1, 0.15) is 19.4 Å². The average molecular weight is 295 g/mol. The van der Waals surface area contributed by atoms with Crippen LogP contribution < -0.4 is 15.4 Å². The minimum atomic E-state index is 0.648. The summed E-state index contributed by atoms with van der Waals surface area (Å²) >= 11 is 1.82. The smallest absolute Gasteiger partial charge is 0.191 e. The summed E-state index contributed by atoms with van der Waals surface area (Å²) in [5, 5.41) is 6.57. The number of guanidine groups is 1. The van der Waals surface area contributed by atoms with Gasteiger partial charge in [-0.25, -0.2) is 4.99 Å². The van der Waals surface area contributed by atoms with Crippen molar-refractivity contribution in [1.29, 1.82) is 0 Å². The Labute approximate surface area is 126 Å². The van der Waals surface area contributed by atoms with E-state index < -0.39 is 0 Å². The second-order valence-electron chi connectivity index (χ2n) is 4.20. The fourth-order valence-electron chi connectivity index (χ4n) is 1.68. The molecule has 0 aromatic heterocycles. The van der Waals surface area contributed by atoms with Crippen LogP contribution >= 0.6 is 11.8 Å². The first-order valence-corrected chi connectivity index (χ1v) is 8.42. The van der Waals surface area contributed by atoms with Gasteiger partial charge in [-0.15, -0.1) is 0 Å². The van der Waals surface area contributed by atoms with E-state index in [9.17, 15) is 0 Å². The third-order valence-electron chi connectivity index (χ3n) is 2.57. The lowest BCUT2D eigenvalue weighted by atomic mass is 10.2. The predicted octanol–water partition coefficient (Wildman–Crippen LogP) is 2.50. The molecule has 0 aliphatic heterocycles. The third-order valence-corrected chi connectivity index (χ3v) is 3.18. The summed E-state index contributed by atoms with van der Waals surface area (Å²) < 4.78 is 5.50. The lowest BCUT2D eigenvalue weighted by Gasteiger charge is -2.11. The van der Waals surface area contributed by atoms with E-state index in [-0.39, 0.29) is 0 Å². The molecular formula is C15H25N3OS. The van der Waals surface area contributed by atoms with E-state index in [1.165, 1.54) is 0 Å². The van der Waals surface area contributed by atoms with Gasteiger partial charge in [-0.05, 0) is 37.8 Å². The highest BCUT2D eigenvalue weighted by Gasteiger charge is 1.98. The highest BCUT2D eigenvalue weighted by Crippen LogP contribution is 2.13. The second kappa shape index (κ2) is 10.4. The molecule has 0 amide bonds.